The Balaban J connectivity index is 0.000000202. The second kappa shape index (κ2) is 6.77. The van der Waals surface area contributed by atoms with Gasteiger partial charge in [-0.3, -0.25) is 0 Å². The first-order valence-electron chi connectivity index (χ1n) is 3.89. The number of alkyl halides is 1. The largest absolute Gasteiger partial charge is 0.246 e. The number of halogens is 2. The van der Waals surface area contributed by atoms with Gasteiger partial charge in [-0.1, -0.05) is 19.2 Å². The third-order valence-corrected chi connectivity index (χ3v) is 1.61. The molecule has 0 aliphatic heterocycles. The van der Waals surface area contributed by atoms with Crippen LogP contribution in [0.3, 0.4) is 0 Å². The minimum Gasteiger partial charge on any atom is -0.246 e. The van der Waals surface area contributed by atoms with E-state index in [0.29, 0.717) is 5.57 Å². The fourth-order valence-electron chi connectivity index (χ4n) is 0.545. The lowest BCUT2D eigenvalue weighted by Gasteiger charge is -2.12. The van der Waals surface area contributed by atoms with Crippen molar-refractivity contribution in [2.75, 3.05) is 6.67 Å². The van der Waals surface area contributed by atoms with Gasteiger partial charge in [0.25, 0.3) is 0 Å². The van der Waals surface area contributed by atoms with E-state index in [9.17, 15) is 8.78 Å². The van der Waals surface area contributed by atoms with Crippen molar-refractivity contribution in [2.45, 2.75) is 19.3 Å². The Morgan fingerprint density at radius 1 is 1.50 bits per heavy atom. The summed E-state index contributed by atoms with van der Waals surface area (Å²) in [6.07, 6.45) is 5.31. The summed E-state index contributed by atoms with van der Waals surface area (Å²) < 4.78 is 22.5. The molecule has 1 aliphatic rings. The van der Waals surface area contributed by atoms with E-state index in [4.69, 9.17) is 0 Å². The van der Waals surface area contributed by atoms with E-state index in [0.717, 1.165) is 24.7 Å². The highest BCUT2D eigenvalue weighted by Gasteiger charge is 2.06. The molecule has 0 amide bonds. The van der Waals surface area contributed by atoms with E-state index in [2.05, 4.69) is 13.2 Å². The van der Waals surface area contributed by atoms with Gasteiger partial charge in [-0.05, 0) is 30.4 Å². The molecule has 0 bridgehead atoms. The van der Waals surface area contributed by atoms with Crippen LogP contribution in [0.5, 0.6) is 0 Å². The molecule has 0 aromatic heterocycles. The maximum atomic E-state index is 11.3. The van der Waals surface area contributed by atoms with E-state index < -0.39 is 6.67 Å². The lowest BCUT2D eigenvalue weighted by atomic mass is 9.94. The first kappa shape index (κ1) is 11.1. The summed E-state index contributed by atoms with van der Waals surface area (Å²) >= 11 is 0. The molecule has 0 N–H and O–H groups in total. The van der Waals surface area contributed by atoms with Gasteiger partial charge in [0, 0.05) is 0 Å². The Labute approximate surface area is 72.3 Å². The number of allylic oxidation sites excluding steroid dienone is 3. The van der Waals surface area contributed by atoms with Crippen LogP contribution in [0.25, 0.3) is 0 Å². The monoisotopic (exact) mass is 172 g/mol. The quantitative estimate of drug-likeness (QED) is 0.557. The van der Waals surface area contributed by atoms with E-state index >= 15 is 0 Å². The van der Waals surface area contributed by atoms with E-state index in [1.54, 1.807) is 0 Å². The molecule has 0 heterocycles. The Morgan fingerprint density at radius 2 is 2.08 bits per heavy atom. The summed E-state index contributed by atoms with van der Waals surface area (Å²) in [5, 5.41) is 0. The van der Waals surface area contributed by atoms with Gasteiger partial charge in [-0.25, -0.2) is 8.78 Å². The van der Waals surface area contributed by atoms with Crippen molar-refractivity contribution in [2.24, 2.45) is 0 Å². The van der Waals surface area contributed by atoms with Crippen molar-refractivity contribution in [3.63, 3.8) is 0 Å². The Morgan fingerprint density at radius 3 is 2.08 bits per heavy atom. The van der Waals surface area contributed by atoms with E-state index in [-0.39, 0.29) is 0 Å². The fourth-order valence-corrected chi connectivity index (χ4v) is 0.545. The van der Waals surface area contributed by atoms with Crippen molar-refractivity contribution in [3.05, 3.63) is 36.7 Å². The molecule has 1 aliphatic carbocycles. The van der Waals surface area contributed by atoms with Gasteiger partial charge in [0.05, 0.1) is 6.33 Å². The Bertz CT molecular complexity index is 174. The zero-order valence-electron chi connectivity index (χ0n) is 7.15. The fraction of sp³-hybridized carbons (Fsp3) is 0.400. The van der Waals surface area contributed by atoms with Crippen LogP contribution in [0.2, 0.25) is 0 Å². The maximum Gasteiger partial charge on any atom is 0.114 e. The zero-order chi connectivity index (χ0) is 9.40. The summed E-state index contributed by atoms with van der Waals surface area (Å²) in [6, 6.07) is 0. The highest BCUT2D eigenvalue weighted by atomic mass is 19.1. The van der Waals surface area contributed by atoms with Crippen LogP contribution >= 0.6 is 0 Å². The molecule has 12 heavy (non-hydrogen) atoms. The minimum absolute atomic E-state index is 0.440. The molecule has 0 radical (unpaired) electrons. The van der Waals surface area contributed by atoms with Crippen LogP contribution in [0.15, 0.2) is 36.7 Å². The average Bonchev–Trinajstić information content (AvgIpc) is 2.02. The van der Waals surface area contributed by atoms with Gasteiger partial charge in [0.2, 0.25) is 0 Å². The number of hydrogen-bond donors (Lipinski definition) is 0. The molecule has 1 saturated carbocycles. The molecule has 1 fully saturated rings. The summed E-state index contributed by atoms with van der Waals surface area (Å²) in [7, 11) is 0. The predicted molar refractivity (Wildman–Crippen MR) is 48.4 cm³/mol. The van der Waals surface area contributed by atoms with Gasteiger partial charge in [-0.2, -0.15) is 0 Å². The van der Waals surface area contributed by atoms with Crippen LogP contribution in [0.1, 0.15) is 19.3 Å². The summed E-state index contributed by atoms with van der Waals surface area (Å²) in [4.78, 5) is 0. The van der Waals surface area contributed by atoms with Crippen molar-refractivity contribution in [1.29, 1.82) is 0 Å². The van der Waals surface area contributed by atoms with Gasteiger partial charge < -0.3 is 0 Å². The normalized spacial score (nSPS) is 13.7. The first-order chi connectivity index (χ1) is 5.74. The van der Waals surface area contributed by atoms with Crippen molar-refractivity contribution in [3.8, 4) is 0 Å². The molecule has 1 rings (SSSR count). The topological polar surface area (TPSA) is 0 Å². The molecule has 2 heteroatoms. The van der Waals surface area contributed by atoms with Crippen molar-refractivity contribution < 1.29 is 8.78 Å². The molecule has 0 nitrogen and oxygen atoms in total. The Kier molecular flexibility index (Phi) is 6.25. The maximum absolute atomic E-state index is 11.3. The molecular formula is C10H14F2. The molecular weight excluding hydrogens is 158 g/mol. The van der Waals surface area contributed by atoms with Crippen LogP contribution in [0, 0.1) is 0 Å². The molecule has 0 aromatic rings. The highest BCUT2D eigenvalue weighted by molar-refractivity contribution is 5.10. The van der Waals surface area contributed by atoms with Crippen molar-refractivity contribution in [1.82, 2.24) is 0 Å². The molecule has 0 aromatic carbocycles. The average molecular weight is 172 g/mol. The summed E-state index contributed by atoms with van der Waals surface area (Å²) in [5.74, 6) is 0. The van der Waals surface area contributed by atoms with Crippen molar-refractivity contribution >= 4 is 0 Å². The molecule has 0 saturated heterocycles. The summed E-state index contributed by atoms with van der Waals surface area (Å²) in [5.41, 5.74) is 1.42. The third kappa shape index (κ3) is 4.83. The predicted octanol–water partition coefficient (Wildman–Crippen LogP) is 3.72. The Hall–Kier alpha value is -0.920. The lowest BCUT2D eigenvalue weighted by Crippen LogP contribution is -1.93. The zero-order valence-corrected chi connectivity index (χ0v) is 7.15. The van der Waals surface area contributed by atoms with E-state index in [1.807, 2.05) is 0 Å². The molecule has 0 spiro atoms. The first-order valence-corrected chi connectivity index (χ1v) is 3.89. The second-order valence-corrected chi connectivity index (χ2v) is 2.62. The summed E-state index contributed by atoms with van der Waals surface area (Å²) in [6.45, 7) is 6.11. The molecule has 68 valence electrons. The SMILES string of the molecule is C=CC(=C)CF.FC=C1CCC1. The van der Waals surface area contributed by atoms with Gasteiger partial charge in [-0.15, -0.1) is 0 Å². The van der Waals surface area contributed by atoms with Gasteiger partial charge in [0.1, 0.15) is 6.67 Å². The van der Waals surface area contributed by atoms with Crippen LogP contribution in [0.4, 0.5) is 8.78 Å². The minimum atomic E-state index is -0.483. The van der Waals surface area contributed by atoms with Crippen LogP contribution in [-0.2, 0) is 0 Å². The number of rotatable bonds is 2. The number of hydrogen-bond acceptors (Lipinski definition) is 0. The van der Waals surface area contributed by atoms with Gasteiger partial charge in [0.15, 0.2) is 0 Å². The van der Waals surface area contributed by atoms with Crippen LogP contribution in [-0.4, -0.2) is 6.67 Å². The molecule has 0 unspecified atom stereocenters. The third-order valence-electron chi connectivity index (χ3n) is 1.61. The molecule has 0 atom stereocenters. The van der Waals surface area contributed by atoms with Crippen LogP contribution < -0.4 is 0 Å². The standard InChI is InChI=1S/2C5H7F/c6-4-5-2-1-3-5;1-3-5(2)4-6/h4H,1-3H2;3H,1-2,4H2. The second-order valence-electron chi connectivity index (χ2n) is 2.62. The highest BCUT2D eigenvalue weighted by Crippen LogP contribution is 2.24. The lowest BCUT2D eigenvalue weighted by molar-refractivity contribution is 0.550. The van der Waals surface area contributed by atoms with E-state index in [1.165, 1.54) is 12.5 Å². The smallest absolute Gasteiger partial charge is 0.114 e. The van der Waals surface area contributed by atoms with Gasteiger partial charge >= 0.3 is 0 Å².